The summed E-state index contributed by atoms with van der Waals surface area (Å²) in [5, 5.41) is 6.50. The zero-order chi connectivity index (χ0) is 22.8. The summed E-state index contributed by atoms with van der Waals surface area (Å²) in [5.41, 5.74) is 2.95. The zero-order valence-electron chi connectivity index (χ0n) is 17.6. The molecule has 7 nitrogen and oxygen atoms in total. The van der Waals surface area contributed by atoms with Gasteiger partial charge in [0.1, 0.15) is 6.17 Å². The van der Waals surface area contributed by atoms with Crippen molar-refractivity contribution in [3.05, 3.63) is 108 Å². The fourth-order valence-electron chi connectivity index (χ4n) is 4.01. The van der Waals surface area contributed by atoms with E-state index in [1.54, 1.807) is 36.5 Å². The molecule has 0 fully saturated rings. The second-order valence-corrected chi connectivity index (χ2v) is 7.74. The molecule has 0 spiro atoms. The molecule has 0 saturated heterocycles. The number of fused-ring (bicyclic) bond motifs is 2. The first-order chi connectivity index (χ1) is 16.1. The molecule has 0 bridgehead atoms. The number of rotatable bonds is 5. The van der Waals surface area contributed by atoms with Crippen LogP contribution in [0.2, 0.25) is 0 Å². The molecule has 2 N–H and O–H groups in total. The minimum absolute atomic E-state index is 0.279. The van der Waals surface area contributed by atoms with Gasteiger partial charge in [0.05, 0.1) is 16.6 Å². The first kappa shape index (κ1) is 20.4. The Hall–Kier alpha value is -4.52. The van der Waals surface area contributed by atoms with E-state index in [1.807, 2.05) is 54.6 Å². The maximum absolute atomic E-state index is 13.1. The summed E-state index contributed by atoms with van der Waals surface area (Å²) in [5.74, 6) is -0.845. The molecule has 1 aliphatic rings. The first-order valence-electron chi connectivity index (χ1n) is 10.5. The number of aromatic nitrogens is 1. The van der Waals surface area contributed by atoms with Crippen molar-refractivity contribution in [2.24, 2.45) is 0 Å². The summed E-state index contributed by atoms with van der Waals surface area (Å²) < 4.78 is 0. The largest absolute Gasteiger partial charge is 0.320 e. The average molecular weight is 436 g/mol. The van der Waals surface area contributed by atoms with Gasteiger partial charge < -0.3 is 10.6 Å². The van der Waals surface area contributed by atoms with Crippen molar-refractivity contribution in [3.8, 4) is 0 Å². The minimum atomic E-state index is -0.859. The third-order valence-corrected chi connectivity index (χ3v) is 5.57. The Balaban J connectivity index is 1.40. The van der Waals surface area contributed by atoms with Crippen LogP contribution in [0.5, 0.6) is 0 Å². The third-order valence-electron chi connectivity index (χ3n) is 5.57. The first-order valence-corrected chi connectivity index (χ1v) is 10.5. The summed E-state index contributed by atoms with van der Waals surface area (Å²) in [6.07, 6.45) is 1.13. The van der Waals surface area contributed by atoms with Crippen molar-refractivity contribution >= 4 is 34.4 Å². The van der Waals surface area contributed by atoms with Gasteiger partial charge in [-0.05, 0) is 42.0 Å². The van der Waals surface area contributed by atoms with Crippen LogP contribution in [-0.2, 0) is 6.42 Å². The number of pyridine rings is 1. The summed E-state index contributed by atoms with van der Waals surface area (Å²) in [7, 11) is 0. The topological polar surface area (TPSA) is 91.4 Å². The number of carbonyl (C=O) groups excluding carboxylic acids is 3. The van der Waals surface area contributed by atoms with Gasteiger partial charge in [0.15, 0.2) is 0 Å². The maximum atomic E-state index is 13.1. The van der Waals surface area contributed by atoms with Crippen molar-refractivity contribution in [2.75, 3.05) is 5.32 Å². The Morgan fingerprint density at radius 3 is 2.27 bits per heavy atom. The van der Waals surface area contributed by atoms with Gasteiger partial charge in [-0.3, -0.25) is 19.5 Å². The van der Waals surface area contributed by atoms with Crippen LogP contribution in [0.1, 0.15) is 26.3 Å². The molecule has 4 amide bonds. The Morgan fingerprint density at radius 1 is 0.848 bits per heavy atom. The number of carbonyl (C=O) groups is 3. The van der Waals surface area contributed by atoms with Crippen molar-refractivity contribution in [3.63, 3.8) is 0 Å². The molecule has 4 aromatic rings. The number of amides is 4. The van der Waals surface area contributed by atoms with Crippen LogP contribution in [0, 0.1) is 0 Å². The molecule has 2 heterocycles. The van der Waals surface area contributed by atoms with Crippen LogP contribution in [0.4, 0.5) is 10.5 Å². The third kappa shape index (κ3) is 4.04. The molecule has 162 valence electrons. The van der Waals surface area contributed by atoms with Gasteiger partial charge in [0.2, 0.25) is 0 Å². The lowest BCUT2D eigenvalue weighted by Crippen LogP contribution is -2.53. The van der Waals surface area contributed by atoms with E-state index in [1.165, 1.54) is 0 Å². The van der Waals surface area contributed by atoms with Crippen molar-refractivity contribution in [1.82, 2.24) is 15.2 Å². The van der Waals surface area contributed by atoms with Crippen LogP contribution in [0.15, 0.2) is 91.1 Å². The second kappa shape index (κ2) is 8.55. The van der Waals surface area contributed by atoms with Gasteiger partial charge in [0.25, 0.3) is 11.8 Å². The Kier molecular flexibility index (Phi) is 5.28. The highest BCUT2D eigenvalue weighted by atomic mass is 16.2. The van der Waals surface area contributed by atoms with Gasteiger partial charge in [0, 0.05) is 23.7 Å². The zero-order valence-corrected chi connectivity index (χ0v) is 17.6. The van der Waals surface area contributed by atoms with Crippen molar-refractivity contribution in [1.29, 1.82) is 0 Å². The number of urea groups is 1. The average Bonchev–Trinajstić information content (AvgIpc) is 3.09. The van der Waals surface area contributed by atoms with Gasteiger partial charge >= 0.3 is 6.03 Å². The van der Waals surface area contributed by atoms with E-state index in [0.29, 0.717) is 16.8 Å². The number of nitrogens with zero attached hydrogens (tertiary/aromatic N) is 2. The quantitative estimate of drug-likeness (QED) is 0.458. The molecule has 1 unspecified atom stereocenters. The number of hydrogen-bond acceptors (Lipinski definition) is 4. The molecule has 3 aromatic carbocycles. The highest BCUT2D eigenvalue weighted by Gasteiger charge is 2.40. The summed E-state index contributed by atoms with van der Waals surface area (Å²) in [6, 6.07) is 24.7. The number of imide groups is 1. The lowest BCUT2D eigenvalue weighted by atomic mass is 10.1. The molecule has 5 rings (SSSR count). The summed E-state index contributed by atoms with van der Waals surface area (Å²) >= 11 is 0. The highest BCUT2D eigenvalue weighted by Crippen LogP contribution is 2.25. The van der Waals surface area contributed by atoms with E-state index in [0.717, 1.165) is 21.4 Å². The monoisotopic (exact) mass is 436 g/mol. The van der Waals surface area contributed by atoms with Crippen molar-refractivity contribution < 1.29 is 14.4 Å². The normalized spacial score (nSPS) is 13.6. The molecule has 0 radical (unpaired) electrons. The van der Waals surface area contributed by atoms with Crippen molar-refractivity contribution in [2.45, 2.75) is 12.6 Å². The van der Waals surface area contributed by atoms with Gasteiger partial charge in [-0.25, -0.2) is 4.79 Å². The molecule has 7 heteroatoms. The number of hydrogen-bond donors (Lipinski definition) is 2. The van der Waals surface area contributed by atoms with Gasteiger partial charge in [-0.2, -0.15) is 0 Å². The highest BCUT2D eigenvalue weighted by molar-refractivity contribution is 6.21. The van der Waals surface area contributed by atoms with E-state index in [4.69, 9.17) is 0 Å². The minimum Gasteiger partial charge on any atom is -0.317 e. The van der Waals surface area contributed by atoms with Crippen LogP contribution in [0.25, 0.3) is 10.9 Å². The summed E-state index contributed by atoms with van der Waals surface area (Å²) in [6.45, 7) is 0. The molecular formula is C26H20N4O3. The molecular weight excluding hydrogens is 416 g/mol. The lowest BCUT2D eigenvalue weighted by Gasteiger charge is -2.27. The Bertz CT molecular complexity index is 1340. The van der Waals surface area contributed by atoms with E-state index >= 15 is 0 Å². The van der Waals surface area contributed by atoms with E-state index in [9.17, 15) is 14.4 Å². The predicted molar refractivity (Wildman–Crippen MR) is 125 cm³/mol. The molecule has 1 atom stereocenters. The van der Waals surface area contributed by atoms with Crippen LogP contribution in [0.3, 0.4) is 0 Å². The fourth-order valence-corrected chi connectivity index (χ4v) is 4.01. The predicted octanol–water partition coefficient (Wildman–Crippen LogP) is 4.22. The molecule has 0 saturated carbocycles. The number of nitrogens with one attached hydrogen (secondary N) is 2. The number of benzene rings is 3. The standard InChI is InChI=1S/C26H20N4O3/c31-24-20-10-4-5-11-21(20)25(32)30(24)23(15-17-7-2-1-3-8-17)29-26(33)28-19-12-13-22-18(16-19)9-6-14-27-22/h1-14,16,23H,15H2,(H2,28,29,33). The van der Waals surface area contributed by atoms with Gasteiger partial charge in [-0.15, -0.1) is 0 Å². The summed E-state index contributed by atoms with van der Waals surface area (Å²) in [4.78, 5) is 44.4. The number of anilines is 1. The van der Waals surface area contributed by atoms with E-state index < -0.39 is 24.0 Å². The fraction of sp³-hybridized carbons (Fsp3) is 0.0769. The Labute approximate surface area is 190 Å². The maximum Gasteiger partial charge on any atom is 0.320 e. The molecule has 1 aliphatic heterocycles. The van der Waals surface area contributed by atoms with Crippen LogP contribution < -0.4 is 10.6 Å². The van der Waals surface area contributed by atoms with Crippen LogP contribution >= 0.6 is 0 Å². The van der Waals surface area contributed by atoms with E-state index in [2.05, 4.69) is 15.6 Å². The second-order valence-electron chi connectivity index (χ2n) is 7.74. The SMILES string of the molecule is O=C(Nc1ccc2ncccc2c1)NC(Cc1ccccc1)N1C(=O)c2ccccc2C1=O. The molecule has 0 aliphatic carbocycles. The molecule has 33 heavy (non-hydrogen) atoms. The van der Waals surface area contributed by atoms with Crippen LogP contribution in [-0.4, -0.2) is 33.9 Å². The lowest BCUT2D eigenvalue weighted by molar-refractivity contribution is 0.0565. The van der Waals surface area contributed by atoms with E-state index in [-0.39, 0.29) is 6.42 Å². The molecule has 1 aromatic heterocycles. The Morgan fingerprint density at radius 2 is 1.55 bits per heavy atom. The van der Waals surface area contributed by atoms with Gasteiger partial charge in [-0.1, -0.05) is 48.5 Å². The smallest absolute Gasteiger partial charge is 0.317 e.